The van der Waals surface area contributed by atoms with Gasteiger partial charge in [0.2, 0.25) is 5.91 Å². The van der Waals surface area contributed by atoms with Crippen molar-refractivity contribution in [1.29, 1.82) is 0 Å². The molecule has 1 unspecified atom stereocenters. The first-order valence-electron chi connectivity index (χ1n) is 5.96. The molecule has 4 nitrogen and oxygen atoms in total. The molecule has 1 aromatic rings. The number of carbonyl (C=O) groups is 1. The number of benzene rings is 1. The topological polar surface area (TPSA) is 64.4 Å². The van der Waals surface area contributed by atoms with Crippen molar-refractivity contribution in [3.8, 4) is 5.75 Å². The van der Waals surface area contributed by atoms with Gasteiger partial charge in [-0.05, 0) is 38.5 Å². The van der Waals surface area contributed by atoms with Crippen LogP contribution < -0.4 is 15.8 Å². The summed E-state index contributed by atoms with van der Waals surface area (Å²) in [5, 5.41) is 3.17. The minimum absolute atomic E-state index is 0.0523. The first-order chi connectivity index (χ1) is 8.43. The number of rotatable bonds is 5. The Morgan fingerprint density at radius 3 is 2.67 bits per heavy atom. The lowest BCUT2D eigenvalue weighted by atomic mass is 10.2. The van der Waals surface area contributed by atoms with E-state index in [1.807, 2.05) is 20.8 Å². The lowest BCUT2D eigenvalue weighted by molar-refractivity contribution is -0.117. The molecule has 0 radical (unpaired) electrons. The van der Waals surface area contributed by atoms with E-state index in [0.29, 0.717) is 22.9 Å². The fraction of sp³-hybridized carbons (Fsp3) is 0.462. The van der Waals surface area contributed by atoms with Crippen LogP contribution in [0.15, 0.2) is 18.2 Å². The second-order valence-electron chi connectivity index (χ2n) is 4.32. The number of amides is 1. The van der Waals surface area contributed by atoms with Crippen molar-refractivity contribution in [2.45, 2.75) is 39.3 Å². The van der Waals surface area contributed by atoms with Crippen molar-refractivity contribution < 1.29 is 9.53 Å². The molecule has 5 heteroatoms. The van der Waals surface area contributed by atoms with E-state index in [1.54, 1.807) is 18.2 Å². The van der Waals surface area contributed by atoms with E-state index in [-0.39, 0.29) is 12.0 Å². The minimum atomic E-state index is -0.504. The Bertz CT molecular complexity index is 421. The summed E-state index contributed by atoms with van der Waals surface area (Å²) in [5.41, 5.74) is 6.24. The Morgan fingerprint density at radius 2 is 2.17 bits per heavy atom. The highest BCUT2D eigenvalue weighted by Gasteiger charge is 2.12. The molecule has 0 aromatic heterocycles. The summed E-state index contributed by atoms with van der Waals surface area (Å²) in [7, 11) is 0. The number of nitrogens with two attached hydrogens (primary N) is 1. The Labute approximate surface area is 112 Å². The standard InChI is InChI=1S/C13H19ClN2O2/c1-4-11(15)13(17)16-9-5-6-12(10(14)7-9)18-8(2)3/h5-8,11H,4,15H2,1-3H3,(H,16,17). The van der Waals surface area contributed by atoms with Crippen molar-refractivity contribution in [3.63, 3.8) is 0 Å². The highest BCUT2D eigenvalue weighted by molar-refractivity contribution is 6.32. The second kappa shape index (κ2) is 6.61. The van der Waals surface area contributed by atoms with Gasteiger partial charge in [-0.3, -0.25) is 4.79 Å². The third-order valence-electron chi connectivity index (χ3n) is 2.34. The van der Waals surface area contributed by atoms with Crippen LogP contribution in [-0.2, 0) is 4.79 Å². The zero-order valence-corrected chi connectivity index (χ0v) is 11.6. The van der Waals surface area contributed by atoms with Crippen LogP contribution >= 0.6 is 11.6 Å². The highest BCUT2D eigenvalue weighted by Crippen LogP contribution is 2.28. The number of anilines is 1. The first kappa shape index (κ1) is 14.8. The van der Waals surface area contributed by atoms with E-state index in [0.717, 1.165) is 0 Å². The van der Waals surface area contributed by atoms with Crippen molar-refractivity contribution in [2.24, 2.45) is 5.73 Å². The Morgan fingerprint density at radius 1 is 1.50 bits per heavy atom. The maximum absolute atomic E-state index is 11.6. The molecule has 0 saturated carbocycles. The number of carbonyl (C=O) groups excluding carboxylic acids is 1. The fourth-order valence-corrected chi connectivity index (χ4v) is 1.57. The highest BCUT2D eigenvalue weighted by atomic mass is 35.5. The van der Waals surface area contributed by atoms with E-state index in [9.17, 15) is 4.79 Å². The quantitative estimate of drug-likeness (QED) is 0.865. The molecule has 0 saturated heterocycles. The summed E-state index contributed by atoms with van der Waals surface area (Å²) in [6.07, 6.45) is 0.644. The molecule has 0 fully saturated rings. The molecule has 18 heavy (non-hydrogen) atoms. The second-order valence-corrected chi connectivity index (χ2v) is 4.72. The molecular formula is C13H19ClN2O2. The smallest absolute Gasteiger partial charge is 0.241 e. The molecule has 0 aliphatic heterocycles. The van der Waals surface area contributed by atoms with Crippen LogP contribution in [0.1, 0.15) is 27.2 Å². The maximum atomic E-state index is 11.6. The fourth-order valence-electron chi connectivity index (χ4n) is 1.35. The van der Waals surface area contributed by atoms with Gasteiger partial charge in [-0.25, -0.2) is 0 Å². The number of ether oxygens (including phenoxy) is 1. The molecule has 0 spiro atoms. The van der Waals surface area contributed by atoms with E-state index in [4.69, 9.17) is 22.1 Å². The zero-order chi connectivity index (χ0) is 13.7. The SMILES string of the molecule is CCC(N)C(=O)Nc1ccc(OC(C)C)c(Cl)c1. The van der Waals surface area contributed by atoms with Gasteiger partial charge in [-0.15, -0.1) is 0 Å². The molecule has 100 valence electrons. The molecule has 0 heterocycles. The normalized spacial score (nSPS) is 12.3. The Kier molecular flexibility index (Phi) is 5.44. The van der Waals surface area contributed by atoms with Crippen molar-refractivity contribution in [3.05, 3.63) is 23.2 Å². The zero-order valence-electron chi connectivity index (χ0n) is 10.9. The molecule has 0 bridgehead atoms. The molecule has 1 amide bonds. The predicted molar refractivity (Wildman–Crippen MR) is 74.1 cm³/mol. The number of halogens is 1. The van der Waals surface area contributed by atoms with Gasteiger partial charge in [0.15, 0.2) is 0 Å². The monoisotopic (exact) mass is 270 g/mol. The Balaban J connectivity index is 2.75. The minimum Gasteiger partial charge on any atom is -0.489 e. The van der Waals surface area contributed by atoms with Gasteiger partial charge in [0, 0.05) is 5.69 Å². The Hall–Kier alpha value is -1.26. The molecule has 0 aliphatic carbocycles. The molecule has 0 aliphatic rings. The molecule has 1 aromatic carbocycles. The van der Waals surface area contributed by atoms with E-state index in [1.165, 1.54) is 0 Å². The summed E-state index contributed by atoms with van der Waals surface area (Å²) < 4.78 is 5.50. The largest absolute Gasteiger partial charge is 0.489 e. The van der Waals surface area contributed by atoms with Gasteiger partial charge < -0.3 is 15.8 Å². The lowest BCUT2D eigenvalue weighted by Gasteiger charge is -2.14. The van der Waals surface area contributed by atoms with Crippen LogP contribution in [0.25, 0.3) is 0 Å². The summed E-state index contributed by atoms with van der Waals surface area (Å²) in [5.74, 6) is 0.385. The van der Waals surface area contributed by atoms with Crippen LogP contribution in [0.2, 0.25) is 5.02 Å². The van der Waals surface area contributed by atoms with Crippen molar-refractivity contribution >= 4 is 23.2 Å². The third kappa shape index (κ3) is 4.20. The van der Waals surface area contributed by atoms with Gasteiger partial charge in [-0.1, -0.05) is 18.5 Å². The summed E-state index contributed by atoms with van der Waals surface area (Å²) >= 11 is 6.06. The van der Waals surface area contributed by atoms with E-state index >= 15 is 0 Å². The summed E-state index contributed by atoms with van der Waals surface area (Å²) in [6, 6.07) is 4.62. The first-order valence-corrected chi connectivity index (χ1v) is 6.34. The number of hydrogen-bond donors (Lipinski definition) is 2. The van der Waals surface area contributed by atoms with Gasteiger partial charge in [0.1, 0.15) is 5.75 Å². The van der Waals surface area contributed by atoms with Crippen molar-refractivity contribution in [1.82, 2.24) is 0 Å². The van der Waals surface area contributed by atoms with Crippen molar-refractivity contribution in [2.75, 3.05) is 5.32 Å². The third-order valence-corrected chi connectivity index (χ3v) is 2.63. The van der Waals surface area contributed by atoms with Gasteiger partial charge in [0.05, 0.1) is 17.2 Å². The molecule has 1 atom stereocenters. The summed E-state index contributed by atoms with van der Waals surface area (Å²) in [4.78, 5) is 11.6. The van der Waals surface area contributed by atoms with E-state index in [2.05, 4.69) is 5.32 Å². The predicted octanol–water partition coefficient (Wildman–Crippen LogP) is 2.80. The average Bonchev–Trinajstić information content (AvgIpc) is 2.31. The number of hydrogen-bond acceptors (Lipinski definition) is 3. The summed E-state index contributed by atoms with van der Waals surface area (Å²) in [6.45, 7) is 5.70. The van der Waals surface area contributed by atoms with Crippen LogP contribution in [-0.4, -0.2) is 18.1 Å². The van der Waals surface area contributed by atoms with Crippen LogP contribution in [0.4, 0.5) is 5.69 Å². The lowest BCUT2D eigenvalue weighted by Crippen LogP contribution is -2.34. The van der Waals surface area contributed by atoms with Gasteiger partial charge in [0.25, 0.3) is 0 Å². The van der Waals surface area contributed by atoms with Gasteiger partial charge in [-0.2, -0.15) is 0 Å². The van der Waals surface area contributed by atoms with Gasteiger partial charge >= 0.3 is 0 Å². The molecular weight excluding hydrogens is 252 g/mol. The molecule has 3 N–H and O–H groups in total. The van der Waals surface area contributed by atoms with Crippen LogP contribution in [0.3, 0.4) is 0 Å². The van der Waals surface area contributed by atoms with Crippen LogP contribution in [0.5, 0.6) is 5.75 Å². The average molecular weight is 271 g/mol. The van der Waals surface area contributed by atoms with E-state index < -0.39 is 6.04 Å². The number of nitrogens with one attached hydrogen (secondary N) is 1. The van der Waals surface area contributed by atoms with Crippen LogP contribution in [0, 0.1) is 0 Å². The maximum Gasteiger partial charge on any atom is 0.241 e. The molecule has 1 rings (SSSR count).